The molecule has 0 aliphatic carbocycles. The van der Waals surface area contributed by atoms with Crippen molar-refractivity contribution in [1.82, 2.24) is 4.98 Å². The summed E-state index contributed by atoms with van der Waals surface area (Å²) in [6.45, 7) is 2.58. The smallest absolute Gasteiger partial charge is 0.227 e. The third-order valence-corrected chi connectivity index (χ3v) is 2.66. The number of rotatable bonds is 2. The molecule has 1 amide bonds. The normalized spacial score (nSPS) is 21.1. The zero-order valence-corrected chi connectivity index (χ0v) is 8.68. The summed E-state index contributed by atoms with van der Waals surface area (Å²) in [6.07, 6.45) is 2.14. The molecule has 1 unspecified atom stereocenters. The van der Waals surface area contributed by atoms with Crippen LogP contribution in [0.1, 0.15) is 12.1 Å². The van der Waals surface area contributed by atoms with Crippen molar-refractivity contribution in [2.24, 2.45) is 5.92 Å². The molecule has 0 aromatic carbocycles. The van der Waals surface area contributed by atoms with E-state index in [0.29, 0.717) is 13.0 Å². The van der Waals surface area contributed by atoms with Crippen LogP contribution in [0.3, 0.4) is 0 Å². The van der Waals surface area contributed by atoms with E-state index in [-0.39, 0.29) is 18.4 Å². The lowest BCUT2D eigenvalue weighted by Gasteiger charge is -2.16. The third-order valence-electron chi connectivity index (χ3n) is 2.66. The zero-order chi connectivity index (χ0) is 10.8. The van der Waals surface area contributed by atoms with E-state index in [1.165, 1.54) is 0 Å². The van der Waals surface area contributed by atoms with E-state index >= 15 is 0 Å². The van der Waals surface area contributed by atoms with Gasteiger partial charge in [-0.1, -0.05) is 0 Å². The van der Waals surface area contributed by atoms with Gasteiger partial charge in [-0.25, -0.2) is 0 Å². The molecule has 4 heteroatoms. The summed E-state index contributed by atoms with van der Waals surface area (Å²) in [5.41, 5.74) is 1.77. The summed E-state index contributed by atoms with van der Waals surface area (Å²) in [6, 6.07) is 3.71. The van der Waals surface area contributed by atoms with Gasteiger partial charge in [-0.05, 0) is 19.1 Å². The fourth-order valence-electron chi connectivity index (χ4n) is 1.85. The van der Waals surface area contributed by atoms with E-state index in [9.17, 15) is 4.79 Å². The van der Waals surface area contributed by atoms with Gasteiger partial charge in [0.05, 0.1) is 0 Å². The number of pyridine rings is 1. The molecule has 4 nitrogen and oxygen atoms in total. The first-order chi connectivity index (χ1) is 7.20. The molecule has 80 valence electrons. The topological polar surface area (TPSA) is 53.4 Å². The molecular formula is C11H14N2O2. The molecule has 1 aromatic rings. The van der Waals surface area contributed by atoms with Crippen LogP contribution in [0.4, 0.5) is 5.69 Å². The SMILES string of the molecule is Cc1cc(N2CC(CO)CC2=O)ccn1. The highest BCUT2D eigenvalue weighted by Gasteiger charge is 2.29. The molecule has 0 spiro atoms. The van der Waals surface area contributed by atoms with E-state index < -0.39 is 0 Å². The maximum atomic E-state index is 11.6. The van der Waals surface area contributed by atoms with Gasteiger partial charge in [0.25, 0.3) is 0 Å². The number of hydrogen-bond donors (Lipinski definition) is 1. The number of anilines is 1. The fourth-order valence-corrected chi connectivity index (χ4v) is 1.85. The Morgan fingerprint density at radius 1 is 1.67 bits per heavy atom. The molecule has 1 atom stereocenters. The summed E-state index contributed by atoms with van der Waals surface area (Å²) in [7, 11) is 0. The van der Waals surface area contributed by atoms with Crippen LogP contribution >= 0.6 is 0 Å². The lowest BCUT2D eigenvalue weighted by molar-refractivity contribution is -0.117. The first-order valence-corrected chi connectivity index (χ1v) is 5.04. The maximum Gasteiger partial charge on any atom is 0.227 e. The van der Waals surface area contributed by atoms with Crippen LogP contribution in [0.25, 0.3) is 0 Å². The molecule has 1 aromatic heterocycles. The minimum atomic E-state index is 0.0750. The molecule has 1 aliphatic heterocycles. The molecule has 1 saturated heterocycles. The first kappa shape index (κ1) is 10.1. The Labute approximate surface area is 88.6 Å². The highest BCUT2D eigenvalue weighted by atomic mass is 16.3. The van der Waals surface area contributed by atoms with Crippen molar-refractivity contribution < 1.29 is 9.90 Å². The van der Waals surface area contributed by atoms with Gasteiger partial charge in [-0.3, -0.25) is 9.78 Å². The molecule has 2 rings (SSSR count). The molecule has 15 heavy (non-hydrogen) atoms. The predicted octanol–water partition coefficient (Wildman–Crippen LogP) is 0.735. The lowest BCUT2D eigenvalue weighted by atomic mass is 10.1. The standard InChI is InChI=1S/C11H14N2O2/c1-8-4-10(2-3-12-8)13-6-9(7-14)5-11(13)15/h2-4,9,14H,5-7H2,1H3. The van der Waals surface area contributed by atoms with E-state index in [2.05, 4.69) is 4.98 Å². The largest absolute Gasteiger partial charge is 0.396 e. The maximum absolute atomic E-state index is 11.6. The summed E-state index contributed by atoms with van der Waals surface area (Å²) >= 11 is 0. The second-order valence-electron chi connectivity index (χ2n) is 3.91. The highest BCUT2D eigenvalue weighted by Crippen LogP contribution is 2.24. The number of carbonyl (C=O) groups is 1. The van der Waals surface area contributed by atoms with Crippen LogP contribution in [0.2, 0.25) is 0 Å². The summed E-state index contributed by atoms with van der Waals surface area (Å²) < 4.78 is 0. The Kier molecular flexibility index (Phi) is 2.68. The molecule has 2 heterocycles. The highest BCUT2D eigenvalue weighted by molar-refractivity contribution is 5.95. The van der Waals surface area contributed by atoms with Gasteiger partial charge in [0.15, 0.2) is 0 Å². The molecular weight excluding hydrogens is 192 g/mol. The molecule has 1 fully saturated rings. The Morgan fingerprint density at radius 3 is 3.07 bits per heavy atom. The quantitative estimate of drug-likeness (QED) is 0.776. The van der Waals surface area contributed by atoms with Crippen molar-refractivity contribution in [3.8, 4) is 0 Å². The average Bonchev–Trinajstić information content (AvgIpc) is 2.60. The number of carbonyl (C=O) groups excluding carboxylic acids is 1. The summed E-state index contributed by atoms with van der Waals surface area (Å²) in [4.78, 5) is 17.5. The predicted molar refractivity (Wildman–Crippen MR) is 56.5 cm³/mol. The number of nitrogens with zero attached hydrogens (tertiary/aromatic N) is 2. The minimum Gasteiger partial charge on any atom is -0.396 e. The first-order valence-electron chi connectivity index (χ1n) is 5.04. The molecule has 0 radical (unpaired) electrons. The van der Waals surface area contributed by atoms with Gasteiger partial charge in [-0.15, -0.1) is 0 Å². The number of aliphatic hydroxyl groups excluding tert-OH is 1. The van der Waals surface area contributed by atoms with Crippen molar-refractivity contribution >= 4 is 11.6 Å². The van der Waals surface area contributed by atoms with E-state index in [4.69, 9.17) is 5.11 Å². The van der Waals surface area contributed by atoms with E-state index in [1.54, 1.807) is 11.1 Å². The van der Waals surface area contributed by atoms with Gasteiger partial charge in [-0.2, -0.15) is 0 Å². The van der Waals surface area contributed by atoms with Crippen molar-refractivity contribution in [3.05, 3.63) is 24.0 Å². The molecule has 0 bridgehead atoms. The Morgan fingerprint density at radius 2 is 2.47 bits per heavy atom. The molecule has 1 N–H and O–H groups in total. The number of aromatic nitrogens is 1. The van der Waals surface area contributed by atoms with E-state index in [0.717, 1.165) is 11.4 Å². The number of aryl methyl sites for hydroxylation is 1. The molecule has 0 saturated carbocycles. The van der Waals surface area contributed by atoms with Crippen LogP contribution < -0.4 is 4.90 Å². The zero-order valence-electron chi connectivity index (χ0n) is 8.68. The van der Waals surface area contributed by atoms with Gasteiger partial charge in [0, 0.05) is 43.1 Å². The number of aliphatic hydroxyl groups is 1. The van der Waals surface area contributed by atoms with Crippen molar-refractivity contribution in [2.75, 3.05) is 18.1 Å². The van der Waals surface area contributed by atoms with Crippen molar-refractivity contribution in [1.29, 1.82) is 0 Å². The van der Waals surface area contributed by atoms with Crippen LogP contribution in [0.5, 0.6) is 0 Å². The van der Waals surface area contributed by atoms with Crippen LogP contribution in [0.15, 0.2) is 18.3 Å². The average molecular weight is 206 g/mol. The third kappa shape index (κ3) is 1.99. The van der Waals surface area contributed by atoms with Gasteiger partial charge in [0.2, 0.25) is 5.91 Å². The lowest BCUT2D eigenvalue weighted by Crippen LogP contribution is -2.24. The Bertz CT molecular complexity index is 379. The van der Waals surface area contributed by atoms with Gasteiger partial charge >= 0.3 is 0 Å². The van der Waals surface area contributed by atoms with Gasteiger partial charge < -0.3 is 10.0 Å². The Hall–Kier alpha value is -1.42. The summed E-state index contributed by atoms with van der Waals surface area (Å²) in [5, 5.41) is 9.01. The monoisotopic (exact) mass is 206 g/mol. The van der Waals surface area contributed by atoms with Crippen LogP contribution in [-0.2, 0) is 4.79 Å². The van der Waals surface area contributed by atoms with Gasteiger partial charge in [0.1, 0.15) is 0 Å². The summed E-state index contributed by atoms with van der Waals surface area (Å²) in [5.74, 6) is 0.158. The van der Waals surface area contributed by atoms with Crippen LogP contribution in [0, 0.1) is 12.8 Å². The molecule has 1 aliphatic rings. The van der Waals surface area contributed by atoms with Crippen molar-refractivity contribution in [2.45, 2.75) is 13.3 Å². The van der Waals surface area contributed by atoms with Crippen molar-refractivity contribution in [3.63, 3.8) is 0 Å². The Balaban J connectivity index is 2.21. The number of hydrogen-bond acceptors (Lipinski definition) is 3. The van der Waals surface area contributed by atoms with E-state index in [1.807, 2.05) is 19.1 Å². The fraction of sp³-hybridized carbons (Fsp3) is 0.455. The number of amides is 1. The second kappa shape index (κ2) is 3.98. The minimum absolute atomic E-state index is 0.0750. The second-order valence-corrected chi connectivity index (χ2v) is 3.91. The van der Waals surface area contributed by atoms with Crippen LogP contribution in [-0.4, -0.2) is 29.1 Å².